The highest BCUT2D eigenvalue weighted by molar-refractivity contribution is 14.1. The molecule has 0 fully saturated rings. The van der Waals surface area contributed by atoms with Gasteiger partial charge in [-0.2, -0.15) is 0 Å². The summed E-state index contributed by atoms with van der Waals surface area (Å²) >= 11 is 2.01. The van der Waals surface area contributed by atoms with Crippen LogP contribution < -0.4 is 4.74 Å². The smallest absolute Gasteiger partial charge is 0.356 e. The second-order valence-corrected chi connectivity index (χ2v) is 3.31. The zero-order valence-corrected chi connectivity index (χ0v) is 9.36. The van der Waals surface area contributed by atoms with E-state index in [1.165, 1.54) is 20.3 Å². The van der Waals surface area contributed by atoms with Crippen LogP contribution in [-0.2, 0) is 4.74 Å². The van der Waals surface area contributed by atoms with Crippen molar-refractivity contribution in [2.45, 2.75) is 0 Å². The molecule has 0 aromatic carbocycles. The molecule has 13 heavy (non-hydrogen) atoms. The predicted molar refractivity (Wildman–Crippen MR) is 54.8 cm³/mol. The van der Waals surface area contributed by atoms with Gasteiger partial charge in [-0.15, -0.1) is 0 Å². The number of nitrogens with zero attached hydrogens (tertiary/aromatic N) is 1. The number of esters is 1. The summed E-state index contributed by atoms with van der Waals surface area (Å²) in [6.07, 6.45) is 0. The third kappa shape index (κ3) is 2.55. The van der Waals surface area contributed by atoms with Crippen molar-refractivity contribution in [1.82, 2.24) is 4.98 Å². The van der Waals surface area contributed by atoms with Gasteiger partial charge in [0.2, 0.25) is 0 Å². The Morgan fingerprint density at radius 2 is 2.15 bits per heavy atom. The summed E-state index contributed by atoms with van der Waals surface area (Å²) in [6, 6.07) is 3.26. The molecule has 0 unspecified atom stereocenters. The topological polar surface area (TPSA) is 48.4 Å². The third-order valence-electron chi connectivity index (χ3n) is 1.40. The molecule has 0 spiro atoms. The van der Waals surface area contributed by atoms with Crippen LogP contribution in [0.5, 0.6) is 5.75 Å². The normalized spacial score (nSPS) is 9.46. The van der Waals surface area contributed by atoms with E-state index in [0.717, 1.165) is 0 Å². The molecule has 0 bridgehead atoms. The number of methoxy groups -OCH3 is 2. The van der Waals surface area contributed by atoms with Crippen LogP contribution in [0.1, 0.15) is 10.5 Å². The van der Waals surface area contributed by atoms with Crippen LogP contribution in [0, 0.1) is 3.70 Å². The Balaban J connectivity index is 3.08. The Morgan fingerprint density at radius 3 is 2.69 bits per heavy atom. The molecule has 0 aliphatic heterocycles. The second kappa shape index (κ2) is 4.40. The molecule has 1 aromatic heterocycles. The van der Waals surface area contributed by atoms with E-state index < -0.39 is 5.97 Å². The fourth-order valence-corrected chi connectivity index (χ4v) is 1.37. The maximum atomic E-state index is 11.1. The molecule has 70 valence electrons. The minimum Gasteiger partial charge on any atom is -0.497 e. The number of carbonyl (C=O) groups excluding carboxylic acids is 1. The molecule has 5 heteroatoms. The number of pyridine rings is 1. The molecule has 0 amide bonds. The molecule has 0 aliphatic rings. The van der Waals surface area contributed by atoms with Crippen molar-refractivity contribution < 1.29 is 14.3 Å². The summed E-state index contributed by atoms with van der Waals surface area (Å²) in [5.74, 6) is 0.136. The molecule has 0 radical (unpaired) electrons. The lowest BCUT2D eigenvalue weighted by Crippen LogP contribution is -2.05. The first-order chi connectivity index (χ1) is 6.17. The predicted octanol–water partition coefficient (Wildman–Crippen LogP) is 1.48. The van der Waals surface area contributed by atoms with Crippen LogP contribution in [0.4, 0.5) is 0 Å². The Bertz CT molecular complexity index is 327. The minimum atomic E-state index is -0.461. The van der Waals surface area contributed by atoms with Gasteiger partial charge in [0, 0.05) is 12.1 Å². The van der Waals surface area contributed by atoms with Crippen molar-refractivity contribution in [2.24, 2.45) is 0 Å². The van der Waals surface area contributed by atoms with Gasteiger partial charge in [0.05, 0.1) is 14.2 Å². The molecular weight excluding hydrogens is 285 g/mol. The first kappa shape index (κ1) is 10.2. The van der Waals surface area contributed by atoms with E-state index in [9.17, 15) is 4.79 Å². The number of rotatable bonds is 2. The average Bonchev–Trinajstić information content (AvgIpc) is 2.15. The van der Waals surface area contributed by atoms with Crippen molar-refractivity contribution in [1.29, 1.82) is 0 Å². The molecule has 0 aliphatic carbocycles. The number of carbonyl (C=O) groups is 1. The summed E-state index contributed by atoms with van der Waals surface area (Å²) in [5.41, 5.74) is 0.256. The van der Waals surface area contributed by atoms with Gasteiger partial charge in [-0.1, -0.05) is 0 Å². The SMILES string of the molecule is COC(=O)c1cc(OC)cc(I)n1. The largest absolute Gasteiger partial charge is 0.497 e. The Kier molecular flexibility index (Phi) is 3.47. The highest BCUT2D eigenvalue weighted by Gasteiger charge is 2.09. The van der Waals surface area contributed by atoms with Gasteiger partial charge in [-0.25, -0.2) is 9.78 Å². The number of hydrogen-bond donors (Lipinski definition) is 0. The lowest BCUT2D eigenvalue weighted by atomic mass is 10.3. The molecule has 1 heterocycles. The standard InChI is InChI=1S/C8H8INO3/c1-12-5-3-6(8(11)13-2)10-7(9)4-5/h3-4H,1-2H3. The van der Waals surface area contributed by atoms with E-state index in [1.54, 1.807) is 6.07 Å². The van der Waals surface area contributed by atoms with Gasteiger partial charge in [-0.3, -0.25) is 0 Å². The van der Waals surface area contributed by atoms with Crippen LogP contribution in [0.15, 0.2) is 12.1 Å². The summed E-state index contributed by atoms with van der Waals surface area (Å²) < 4.78 is 10.2. The van der Waals surface area contributed by atoms with E-state index in [0.29, 0.717) is 9.45 Å². The Morgan fingerprint density at radius 1 is 1.46 bits per heavy atom. The quantitative estimate of drug-likeness (QED) is 0.471. The molecule has 1 rings (SSSR count). The van der Waals surface area contributed by atoms with E-state index >= 15 is 0 Å². The van der Waals surface area contributed by atoms with E-state index in [4.69, 9.17) is 4.74 Å². The number of aromatic nitrogens is 1. The Labute approximate surface area is 89.4 Å². The number of hydrogen-bond acceptors (Lipinski definition) is 4. The molecule has 1 aromatic rings. The van der Waals surface area contributed by atoms with Crippen LogP contribution in [0.3, 0.4) is 0 Å². The zero-order valence-electron chi connectivity index (χ0n) is 7.20. The first-order valence-electron chi connectivity index (χ1n) is 3.47. The monoisotopic (exact) mass is 293 g/mol. The molecule has 4 nitrogen and oxygen atoms in total. The van der Waals surface area contributed by atoms with Crippen molar-refractivity contribution in [3.8, 4) is 5.75 Å². The highest BCUT2D eigenvalue weighted by Crippen LogP contribution is 2.15. The lowest BCUT2D eigenvalue weighted by Gasteiger charge is -2.02. The second-order valence-electron chi connectivity index (χ2n) is 2.21. The van der Waals surface area contributed by atoms with E-state index in [1.807, 2.05) is 22.6 Å². The van der Waals surface area contributed by atoms with Crippen molar-refractivity contribution in [3.05, 3.63) is 21.5 Å². The fraction of sp³-hybridized carbons (Fsp3) is 0.250. The van der Waals surface area contributed by atoms with Crippen molar-refractivity contribution in [3.63, 3.8) is 0 Å². The molecule has 0 saturated heterocycles. The number of halogens is 1. The van der Waals surface area contributed by atoms with E-state index in [2.05, 4.69) is 9.72 Å². The van der Waals surface area contributed by atoms with Crippen LogP contribution >= 0.6 is 22.6 Å². The van der Waals surface area contributed by atoms with Crippen LogP contribution in [-0.4, -0.2) is 25.2 Å². The lowest BCUT2D eigenvalue weighted by molar-refractivity contribution is 0.0593. The first-order valence-corrected chi connectivity index (χ1v) is 4.55. The fourth-order valence-electron chi connectivity index (χ4n) is 0.800. The van der Waals surface area contributed by atoms with Crippen LogP contribution in [0.25, 0.3) is 0 Å². The molecular formula is C8H8INO3. The molecule has 0 N–H and O–H groups in total. The Hall–Kier alpha value is -0.850. The molecule has 0 atom stereocenters. The van der Waals surface area contributed by atoms with Gasteiger partial charge in [0.25, 0.3) is 0 Å². The third-order valence-corrected chi connectivity index (χ3v) is 1.95. The summed E-state index contributed by atoms with van der Waals surface area (Å²) in [4.78, 5) is 15.1. The van der Waals surface area contributed by atoms with Crippen molar-refractivity contribution >= 4 is 28.6 Å². The molecule has 0 saturated carbocycles. The van der Waals surface area contributed by atoms with Gasteiger partial charge >= 0.3 is 5.97 Å². The maximum Gasteiger partial charge on any atom is 0.356 e. The number of ether oxygens (including phenoxy) is 2. The van der Waals surface area contributed by atoms with Crippen molar-refractivity contribution in [2.75, 3.05) is 14.2 Å². The summed E-state index contributed by atoms with van der Waals surface area (Å²) in [6.45, 7) is 0. The maximum absolute atomic E-state index is 11.1. The minimum absolute atomic E-state index is 0.256. The highest BCUT2D eigenvalue weighted by atomic mass is 127. The van der Waals surface area contributed by atoms with Gasteiger partial charge in [0.1, 0.15) is 9.45 Å². The average molecular weight is 293 g/mol. The van der Waals surface area contributed by atoms with Gasteiger partial charge in [0.15, 0.2) is 5.69 Å². The van der Waals surface area contributed by atoms with Gasteiger partial charge in [-0.05, 0) is 22.6 Å². The zero-order chi connectivity index (χ0) is 9.84. The van der Waals surface area contributed by atoms with E-state index in [-0.39, 0.29) is 5.69 Å². The summed E-state index contributed by atoms with van der Waals surface area (Å²) in [5, 5.41) is 0. The summed E-state index contributed by atoms with van der Waals surface area (Å²) in [7, 11) is 2.85. The van der Waals surface area contributed by atoms with Gasteiger partial charge < -0.3 is 9.47 Å². The van der Waals surface area contributed by atoms with Crippen LogP contribution in [0.2, 0.25) is 0 Å².